The Hall–Kier alpha value is -1.04. The van der Waals surface area contributed by atoms with Crippen LogP contribution in [-0.4, -0.2) is 22.0 Å². The fourth-order valence-corrected chi connectivity index (χ4v) is 2.07. The van der Waals surface area contributed by atoms with E-state index in [4.69, 9.17) is 11.1 Å². The third kappa shape index (κ3) is 4.81. The Bertz CT molecular complexity index is 466. The summed E-state index contributed by atoms with van der Waals surface area (Å²) in [5.74, 6) is -0.788. The van der Waals surface area contributed by atoms with E-state index < -0.39 is 40.3 Å². The summed E-state index contributed by atoms with van der Waals surface area (Å²) in [6.45, 7) is -2.03. The molecule has 20 heavy (non-hydrogen) atoms. The summed E-state index contributed by atoms with van der Waals surface area (Å²) < 4.78 is 66.2. The van der Waals surface area contributed by atoms with Crippen LogP contribution in [0.4, 0.5) is 22.0 Å². The van der Waals surface area contributed by atoms with E-state index in [-0.39, 0.29) is 17.0 Å². The first-order valence-corrected chi connectivity index (χ1v) is 5.61. The van der Waals surface area contributed by atoms with Crippen molar-refractivity contribution in [2.24, 2.45) is 5.73 Å². The second kappa shape index (κ2) is 7.11. The van der Waals surface area contributed by atoms with E-state index >= 15 is 0 Å². The number of aromatic nitrogens is 2. The molecule has 116 valence electrons. The number of nitrogens with one attached hydrogen (secondary N) is 2. The summed E-state index contributed by atoms with van der Waals surface area (Å²) in [5, 5.41) is 10.2. The summed E-state index contributed by atoms with van der Waals surface area (Å²) in [6, 6.07) is 0. The van der Waals surface area contributed by atoms with Crippen LogP contribution in [0.25, 0.3) is 0 Å². The van der Waals surface area contributed by atoms with Crippen molar-refractivity contribution >= 4 is 33.9 Å². The van der Waals surface area contributed by atoms with Gasteiger partial charge in [0.2, 0.25) is 5.88 Å². The van der Waals surface area contributed by atoms with Crippen molar-refractivity contribution in [1.29, 1.82) is 5.41 Å². The van der Waals surface area contributed by atoms with Crippen molar-refractivity contribution in [3.63, 3.8) is 0 Å². The van der Waals surface area contributed by atoms with Crippen molar-refractivity contribution in [1.82, 2.24) is 10.2 Å². The number of aromatic amines is 1. The smallest absolute Gasteiger partial charge is 0.417 e. The van der Waals surface area contributed by atoms with Gasteiger partial charge in [-0.15, -0.1) is 17.0 Å². The maximum atomic E-state index is 12.7. The molecule has 1 heterocycles. The van der Waals surface area contributed by atoms with Gasteiger partial charge >= 0.3 is 12.8 Å². The van der Waals surface area contributed by atoms with Gasteiger partial charge in [-0.25, -0.2) is 5.10 Å². The molecule has 4 N–H and O–H groups in total. The van der Waals surface area contributed by atoms with Gasteiger partial charge in [0.05, 0.1) is 5.56 Å². The molecule has 12 heteroatoms. The van der Waals surface area contributed by atoms with Gasteiger partial charge in [-0.3, -0.25) is 5.41 Å². The number of hydrogen-bond acceptors (Lipinski definition) is 4. The number of H-pyrrole nitrogens is 1. The van der Waals surface area contributed by atoms with Crippen LogP contribution in [0.3, 0.4) is 0 Å². The number of hydrogen-bond donors (Lipinski definition) is 3. The molecule has 0 radical (unpaired) electrons. The summed E-state index contributed by atoms with van der Waals surface area (Å²) in [5.41, 5.74) is 3.08. The second-order valence-electron chi connectivity index (χ2n) is 3.32. The molecule has 0 aliphatic heterocycles. The molecule has 0 saturated heterocycles. The number of ether oxygens (including phenoxy) is 1. The Morgan fingerprint density at radius 2 is 2.00 bits per heavy atom. The SMILES string of the molecule is Br.CC(SC(=N)N)c1c(C(F)(F)F)n[nH]c1OC(F)F. The predicted octanol–water partition coefficient (Wildman–Crippen LogP) is 3.30. The zero-order valence-corrected chi connectivity index (χ0v) is 12.3. The summed E-state index contributed by atoms with van der Waals surface area (Å²) in [4.78, 5) is 0. The van der Waals surface area contributed by atoms with Crippen LogP contribution in [0.5, 0.6) is 5.88 Å². The highest BCUT2D eigenvalue weighted by Gasteiger charge is 2.40. The maximum Gasteiger partial charge on any atom is 0.435 e. The van der Waals surface area contributed by atoms with Crippen LogP contribution >= 0.6 is 28.7 Å². The lowest BCUT2D eigenvalue weighted by Gasteiger charge is -2.14. The van der Waals surface area contributed by atoms with Gasteiger partial charge in [-0.2, -0.15) is 27.1 Å². The zero-order chi connectivity index (χ0) is 14.8. The molecule has 0 bridgehead atoms. The number of rotatable bonds is 4. The topological polar surface area (TPSA) is 87.8 Å². The number of thioether (sulfide) groups is 1. The van der Waals surface area contributed by atoms with Gasteiger partial charge in [0.25, 0.3) is 0 Å². The molecule has 0 aliphatic carbocycles. The van der Waals surface area contributed by atoms with Crippen molar-refractivity contribution in [3.05, 3.63) is 11.3 Å². The van der Waals surface area contributed by atoms with Gasteiger partial charge in [0.15, 0.2) is 10.9 Å². The molecule has 1 rings (SSSR count). The molecule has 5 nitrogen and oxygen atoms in total. The van der Waals surface area contributed by atoms with Crippen LogP contribution < -0.4 is 10.5 Å². The van der Waals surface area contributed by atoms with Crippen molar-refractivity contribution in [3.8, 4) is 5.88 Å². The number of nitrogens with two attached hydrogens (primary N) is 1. The molecule has 0 saturated carbocycles. The van der Waals surface area contributed by atoms with Crippen LogP contribution in [0.2, 0.25) is 0 Å². The molecule has 0 fully saturated rings. The standard InChI is InChI=1S/C8H9F5N4OS.BrH/c1-2(19-7(14)15)3-4(8(11,12)13)16-17-5(3)18-6(9)10;/h2,6H,1H3,(H3,14,15)(H,16,17);1H. The Balaban J connectivity index is 0.00000361. The van der Waals surface area contributed by atoms with E-state index in [0.29, 0.717) is 11.8 Å². The van der Waals surface area contributed by atoms with Gasteiger partial charge in [0, 0.05) is 5.25 Å². The van der Waals surface area contributed by atoms with Gasteiger partial charge in [-0.1, -0.05) is 11.8 Å². The minimum Gasteiger partial charge on any atom is -0.417 e. The average molecular weight is 385 g/mol. The predicted molar refractivity (Wildman–Crippen MR) is 68.5 cm³/mol. The first-order chi connectivity index (χ1) is 8.62. The Kier molecular flexibility index (Phi) is 6.74. The fourth-order valence-electron chi connectivity index (χ4n) is 1.36. The van der Waals surface area contributed by atoms with Gasteiger partial charge in [0.1, 0.15) is 0 Å². The number of alkyl halides is 5. The number of amidine groups is 1. The van der Waals surface area contributed by atoms with Gasteiger partial charge in [-0.05, 0) is 6.92 Å². The van der Waals surface area contributed by atoms with Crippen LogP contribution in [0.15, 0.2) is 0 Å². The highest BCUT2D eigenvalue weighted by Crippen LogP contribution is 2.42. The fraction of sp³-hybridized carbons (Fsp3) is 0.500. The quantitative estimate of drug-likeness (QED) is 0.422. The van der Waals surface area contributed by atoms with Crippen molar-refractivity contribution in [2.45, 2.75) is 25.0 Å². The highest BCUT2D eigenvalue weighted by molar-refractivity contribution is 8.93. The maximum absolute atomic E-state index is 12.7. The van der Waals surface area contributed by atoms with Crippen molar-refractivity contribution < 1.29 is 26.7 Å². The second-order valence-corrected chi connectivity index (χ2v) is 4.70. The summed E-state index contributed by atoms with van der Waals surface area (Å²) >= 11 is 0.560. The Labute approximate surface area is 124 Å². The Morgan fingerprint density at radius 1 is 1.45 bits per heavy atom. The van der Waals surface area contributed by atoms with Crippen LogP contribution in [-0.2, 0) is 6.18 Å². The molecule has 0 aliphatic rings. The van der Waals surface area contributed by atoms with E-state index in [2.05, 4.69) is 9.84 Å². The summed E-state index contributed by atoms with van der Waals surface area (Å²) in [6.07, 6.45) is -4.83. The molecule has 1 aromatic rings. The lowest BCUT2D eigenvalue weighted by molar-refractivity contribution is -0.141. The minimum atomic E-state index is -4.83. The third-order valence-electron chi connectivity index (χ3n) is 1.95. The number of nitrogens with zero attached hydrogens (tertiary/aromatic N) is 1. The molecule has 0 spiro atoms. The molecule has 1 atom stereocenters. The van der Waals surface area contributed by atoms with E-state index in [9.17, 15) is 22.0 Å². The lowest BCUT2D eigenvalue weighted by Crippen LogP contribution is -2.13. The normalized spacial score (nSPS) is 12.9. The lowest BCUT2D eigenvalue weighted by atomic mass is 10.2. The van der Waals surface area contributed by atoms with Crippen LogP contribution in [0, 0.1) is 5.41 Å². The summed E-state index contributed by atoms with van der Waals surface area (Å²) in [7, 11) is 0. The van der Waals surface area contributed by atoms with E-state index in [1.165, 1.54) is 6.92 Å². The molecule has 0 amide bonds. The van der Waals surface area contributed by atoms with Crippen molar-refractivity contribution in [2.75, 3.05) is 0 Å². The molecule has 0 aromatic carbocycles. The Morgan fingerprint density at radius 3 is 2.40 bits per heavy atom. The first-order valence-electron chi connectivity index (χ1n) is 4.73. The monoisotopic (exact) mass is 384 g/mol. The molecular formula is C8H10BrF5N4OS. The van der Waals surface area contributed by atoms with Gasteiger partial charge < -0.3 is 10.5 Å². The largest absolute Gasteiger partial charge is 0.435 e. The minimum absolute atomic E-state index is 0. The first kappa shape index (κ1) is 19.0. The molecular weight excluding hydrogens is 375 g/mol. The van der Waals surface area contributed by atoms with E-state index in [0.717, 1.165) is 0 Å². The average Bonchev–Trinajstić information content (AvgIpc) is 2.58. The van der Waals surface area contributed by atoms with E-state index in [1.54, 1.807) is 5.10 Å². The molecule has 1 unspecified atom stereocenters. The zero-order valence-electron chi connectivity index (χ0n) is 9.79. The molecule has 1 aromatic heterocycles. The highest BCUT2D eigenvalue weighted by atomic mass is 79.9. The van der Waals surface area contributed by atoms with E-state index in [1.807, 2.05) is 0 Å². The third-order valence-corrected chi connectivity index (χ3v) is 2.80. The van der Waals surface area contributed by atoms with Crippen LogP contribution in [0.1, 0.15) is 23.4 Å². The number of halogens is 6.